The van der Waals surface area contributed by atoms with Crippen molar-refractivity contribution < 1.29 is 14.3 Å². The second-order valence-corrected chi connectivity index (χ2v) is 7.32. The van der Waals surface area contributed by atoms with Crippen molar-refractivity contribution in [2.24, 2.45) is 0 Å². The van der Waals surface area contributed by atoms with Crippen molar-refractivity contribution in [3.8, 4) is 11.5 Å². The molecule has 7 heteroatoms. The van der Waals surface area contributed by atoms with Crippen molar-refractivity contribution in [1.82, 2.24) is 9.78 Å². The SMILES string of the molecule is COc1cc(OC)cc(C2CC(=O)Nc3c2c(=O)[nH]n3C2CCCCC2)c1. The summed E-state index contributed by atoms with van der Waals surface area (Å²) < 4.78 is 12.6. The van der Waals surface area contributed by atoms with Crippen LogP contribution >= 0.6 is 0 Å². The van der Waals surface area contributed by atoms with Crippen molar-refractivity contribution in [1.29, 1.82) is 0 Å². The molecule has 144 valence electrons. The molecule has 1 amide bonds. The quantitative estimate of drug-likeness (QED) is 0.864. The minimum Gasteiger partial charge on any atom is -0.497 e. The van der Waals surface area contributed by atoms with Crippen LogP contribution in [0.5, 0.6) is 11.5 Å². The summed E-state index contributed by atoms with van der Waals surface area (Å²) in [6.45, 7) is 0. The number of carbonyl (C=O) groups is 1. The Morgan fingerprint density at radius 2 is 1.67 bits per heavy atom. The molecule has 1 aliphatic carbocycles. The molecule has 1 aliphatic heterocycles. The Morgan fingerprint density at radius 1 is 1.00 bits per heavy atom. The van der Waals surface area contributed by atoms with Crippen LogP contribution in [-0.4, -0.2) is 29.9 Å². The van der Waals surface area contributed by atoms with Crippen LogP contribution in [0.3, 0.4) is 0 Å². The molecule has 27 heavy (non-hydrogen) atoms. The number of H-pyrrole nitrogens is 1. The van der Waals surface area contributed by atoms with Gasteiger partial charge < -0.3 is 14.8 Å². The summed E-state index contributed by atoms with van der Waals surface area (Å²) >= 11 is 0. The first kappa shape index (κ1) is 17.7. The summed E-state index contributed by atoms with van der Waals surface area (Å²) in [6, 6.07) is 5.75. The topological polar surface area (TPSA) is 85.3 Å². The monoisotopic (exact) mass is 371 g/mol. The normalized spacial score (nSPS) is 20.1. The maximum absolute atomic E-state index is 12.8. The molecule has 0 radical (unpaired) electrons. The predicted molar refractivity (Wildman–Crippen MR) is 102 cm³/mol. The van der Waals surface area contributed by atoms with E-state index in [2.05, 4.69) is 10.4 Å². The van der Waals surface area contributed by atoms with Crippen molar-refractivity contribution in [3.63, 3.8) is 0 Å². The van der Waals surface area contributed by atoms with Gasteiger partial charge in [-0.1, -0.05) is 19.3 Å². The lowest BCUT2D eigenvalue weighted by atomic mass is 9.86. The van der Waals surface area contributed by atoms with Gasteiger partial charge in [0.05, 0.1) is 25.8 Å². The number of amides is 1. The van der Waals surface area contributed by atoms with Gasteiger partial charge in [0.15, 0.2) is 0 Å². The third kappa shape index (κ3) is 3.22. The summed E-state index contributed by atoms with van der Waals surface area (Å²) in [4.78, 5) is 25.3. The Bertz CT molecular complexity index is 886. The minimum atomic E-state index is -0.327. The molecule has 2 heterocycles. The van der Waals surface area contributed by atoms with Gasteiger partial charge in [-0.2, -0.15) is 0 Å². The third-order valence-corrected chi connectivity index (χ3v) is 5.67. The number of benzene rings is 1. The van der Waals surface area contributed by atoms with Gasteiger partial charge >= 0.3 is 0 Å². The third-order valence-electron chi connectivity index (χ3n) is 5.67. The number of aromatic amines is 1. The van der Waals surface area contributed by atoms with E-state index in [1.807, 2.05) is 16.8 Å². The highest BCUT2D eigenvalue weighted by atomic mass is 16.5. The lowest BCUT2D eigenvalue weighted by Gasteiger charge is -2.28. The number of methoxy groups -OCH3 is 2. The summed E-state index contributed by atoms with van der Waals surface area (Å²) in [5, 5.41) is 5.92. The Balaban J connectivity index is 1.81. The molecular weight excluding hydrogens is 346 g/mol. The molecule has 1 aromatic heterocycles. The molecular formula is C20H25N3O4. The van der Waals surface area contributed by atoms with Crippen LogP contribution in [0.4, 0.5) is 5.82 Å². The largest absolute Gasteiger partial charge is 0.497 e. The molecule has 0 spiro atoms. The molecule has 1 atom stereocenters. The maximum Gasteiger partial charge on any atom is 0.270 e. The molecule has 1 saturated carbocycles. The number of anilines is 1. The number of nitrogens with zero attached hydrogens (tertiary/aromatic N) is 1. The van der Waals surface area contributed by atoms with E-state index < -0.39 is 0 Å². The summed E-state index contributed by atoms with van der Waals surface area (Å²) in [6.07, 6.45) is 5.77. The van der Waals surface area contributed by atoms with Crippen molar-refractivity contribution >= 4 is 11.7 Å². The Morgan fingerprint density at radius 3 is 2.30 bits per heavy atom. The van der Waals surface area contributed by atoms with E-state index in [0.717, 1.165) is 31.2 Å². The molecule has 7 nitrogen and oxygen atoms in total. The van der Waals surface area contributed by atoms with Gasteiger partial charge in [0, 0.05) is 18.4 Å². The van der Waals surface area contributed by atoms with E-state index in [0.29, 0.717) is 22.9 Å². The van der Waals surface area contributed by atoms with E-state index in [1.165, 1.54) is 6.42 Å². The first-order chi connectivity index (χ1) is 13.1. The molecule has 1 fully saturated rings. The smallest absolute Gasteiger partial charge is 0.270 e. The lowest BCUT2D eigenvalue weighted by Crippen LogP contribution is -2.27. The zero-order valence-corrected chi connectivity index (χ0v) is 15.7. The fourth-order valence-electron chi connectivity index (χ4n) is 4.31. The van der Waals surface area contributed by atoms with E-state index in [1.54, 1.807) is 20.3 Å². The van der Waals surface area contributed by atoms with Crippen LogP contribution in [0, 0.1) is 0 Å². The summed E-state index contributed by atoms with van der Waals surface area (Å²) in [5.41, 5.74) is 1.33. The Hall–Kier alpha value is -2.70. The molecule has 4 rings (SSSR count). The van der Waals surface area contributed by atoms with Crippen LogP contribution in [0.1, 0.15) is 61.6 Å². The van der Waals surface area contributed by atoms with Gasteiger partial charge in [-0.25, -0.2) is 0 Å². The van der Waals surface area contributed by atoms with Crippen molar-refractivity contribution in [2.75, 3.05) is 19.5 Å². The Kier molecular flexibility index (Phi) is 4.68. The fraction of sp³-hybridized carbons (Fsp3) is 0.500. The van der Waals surface area contributed by atoms with E-state index in [4.69, 9.17) is 9.47 Å². The van der Waals surface area contributed by atoms with Gasteiger partial charge in [-0.3, -0.25) is 19.4 Å². The minimum absolute atomic E-state index is 0.0853. The number of rotatable bonds is 4. The zero-order valence-electron chi connectivity index (χ0n) is 15.7. The number of fused-ring (bicyclic) bond motifs is 1. The average Bonchev–Trinajstić information content (AvgIpc) is 3.03. The van der Waals surface area contributed by atoms with Crippen molar-refractivity contribution in [2.45, 2.75) is 50.5 Å². The molecule has 0 saturated heterocycles. The number of hydrogen-bond donors (Lipinski definition) is 2. The molecule has 0 bridgehead atoms. The zero-order chi connectivity index (χ0) is 19.0. The predicted octanol–water partition coefficient (Wildman–Crippen LogP) is 3.17. The maximum atomic E-state index is 12.8. The molecule has 1 aromatic carbocycles. The molecule has 1 unspecified atom stereocenters. The second kappa shape index (κ2) is 7.13. The molecule has 2 aromatic rings. The first-order valence-electron chi connectivity index (χ1n) is 9.48. The van der Waals surface area contributed by atoms with E-state index >= 15 is 0 Å². The van der Waals surface area contributed by atoms with Crippen LogP contribution < -0.4 is 20.3 Å². The number of hydrogen-bond acceptors (Lipinski definition) is 4. The van der Waals surface area contributed by atoms with E-state index in [-0.39, 0.29) is 29.8 Å². The second-order valence-electron chi connectivity index (χ2n) is 7.32. The van der Waals surface area contributed by atoms with Crippen LogP contribution in [0.15, 0.2) is 23.0 Å². The fourth-order valence-corrected chi connectivity index (χ4v) is 4.31. The number of ether oxygens (including phenoxy) is 2. The Labute approximate surface area is 157 Å². The number of carbonyl (C=O) groups excluding carboxylic acids is 1. The molecule has 2 aliphatic rings. The van der Waals surface area contributed by atoms with Gasteiger partial charge in [0.1, 0.15) is 17.3 Å². The van der Waals surface area contributed by atoms with Crippen LogP contribution in [0.25, 0.3) is 0 Å². The average molecular weight is 371 g/mol. The highest BCUT2D eigenvalue weighted by Crippen LogP contribution is 2.40. The number of aromatic nitrogens is 2. The highest BCUT2D eigenvalue weighted by molar-refractivity contribution is 5.94. The van der Waals surface area contributed by atoms with Gasteiger partial charge in [0.2, 0.25) is 5.91 Å². The first-order valence-corrected chi connectivity index (χ1v) is 9.48. The summed E-state index contributed by atoms with van der Waals surface area (Å²) in [7, 11) is 3.17. The van der Waals surface area contributed by atoms with Gasteiger partial charge in [0.25, 0.3) is 5.56 Å². The number of nitrogens with one attached hydrogen (secondary N) is 2. The van der Waals surface area contributed by atoms with E-state index in [9.17, 15) is 9.59 Å². The van der Waals surface area contributed by atoms with Crippen LogP contribution in [0.2, 0.25) is 0 Å². The highest BCUT2D eigenvalue weighted by Gasteiger charge is 2.34. The summed E-state index contributed by atoms with van der Waals surface area (Å²) in [5.74, 6) is 1.49. The van der Waals surface area contributed by atoms with Crippen LogP contribution in [-0.2, 0) is 4.79 Å². The lowest BCUT2D eigenvalue weighted by molar-refractivity contribution is -0.116. The standard InChI is InChI=1S/C20H25N3O4/c1-26-14-8-12(9-15(10-14)27-2)16-11-17(24)21-19-18(16)20(25)22-23(19)13-6-4-3-5-7-13/h8-10,13,16H,3-7,11H2,1-2H3,(H,21,24)(H,22,25). The molecule has 2 N–H and O–H groups in total. The van der Waals surface area contributed by atoms with Gasteiger partial charge in [-0.05, 0) is 30.5 Å². The van der Waals surface area contributed by atoms with Gasteiger partial charge in [-0.15, -0.1) is 0 Å². The van der Waals surface area contributed by atoms with Crippen molar-refractivity contribution in [3.05, 3.63) is 39.7 Å².